The number of hydrogen-bond acceptors (Lipinski definition) is 2. The first-order valence-corrected chi connectivity index (χ1v) is 6.65. The van der Waals surface area contributed by atoms with E-state index in [2.05, 4.69) is 16.9 Å². The molecule has 1 heterocycles. The Morgan fingerprint density at radius 3 is 2.43 bits per heavy atom. The third kappa shape index (κ3) is 4.18. The average molecular weight is 299 g/mol. The van der Waals surface area contributed by atoms with Crippen LogP contribution in [-0.4, -0.2) is 4.98 Å². The molecule has 0 saturated heterocycles. The highest BCUT2D eigenvalue weighted by Crippen LogP contribution is 2.34. The van der Waals surface area contributed by atoms with E-state index in [9.17, 15) is 13.2 Å². The molecular formula is C15H20F3N3. The third-order valence-electron chi connectivity index (χ3n) is 2.83. The van der Waals surface area contributed by atoms with E-state index in [0.717, 1.165) is 11.8 Å². The summed E-state index contributed by atoms with van der Waals surface area (Å²) in [5.41, 5.74) is 6.38. The molecule has 2 aromatic rings. The molecule has 0 unspecified atom stereocenters. The van der Waals surface area contributed by atoms with Crippen LogP contribution in [0.5, 0.6) is 0 Å². The highest BCUT2D eigenvalue weighted by atomic mass is 19.4. The van der Waals surface area contributed by atoms with Crippen molar-refractivity contribution in [3.8, 4) is 0 Å². The van der Waals surface area contributed by atoms with Gasteiger partial charge in [-0.25, -0.2) is 0 Å². The number of fused-ring (bicyclic) bond motifs is 1. The first-order chi connectivity index (χ1) is 9.77. The molecule has 0 fully saturated rings. The minimum absolute atomic E-state index is 0.199. The van der Waals surface area contributed by atoms with Crippen LogP contribution in [0.3, 0.4) is 0 Å². The van der Waals surface area contributed by atoms with E-state index in [1.807, 2.05) is 13.8 Å². The number of nitrogens with two attached hydrogens (primary N) is 1. The van der Waals surface area contributed by atoms with Gasteiger partial charge in [0, 0.05) is 16.6 Å². The largest absolute Gasteiger partial charge is 0.416 e. The Balaban J connectivity index is 0.00000106. The van der Waals surface area contributed by atoms with Gasteiger partial charge in [-0.3, -0.25) is 0 Å². The van der Waals surface area contributed by atoms with Crippen molar-refractivity contribution in [2.75, 3.05) is 0 Å². The fourth-order valence-corrected chi connectivity index (χ4v) is 1.96. The van der Waals surface area contributed by atoms with Crippen LogP contribution in [0.2, 0.25) is 0 Å². The fourth-order valence-electron chi connectivity index (χ4n) is 1.96. The molecule has 3 nitrogen and oxygen atoms in total. The summed E-state index contributed by atoms with van der Waals surface area (Å²) in [6.45, 7) is 9.33. The first kappa shape index (κ1) is 16.9. The van der Waals surface area contributed by atoms with Gasteiger partial charge in [-0.2, -0.15) is 13.2 Å². The van der Waals surface area contributed by atoms with Crippen molar-refractivity contribution in [2.45, 2.75) is 33.5 Å². The highest BCUT2D eigenvalue weighted by molar-refractivity contribution is 5.82. The summed E-state index contributed by atoms with van der Waals surface area (Å²) in [4.78, 5) is 3.04. The topological polar surface area (TPSA) is 53.8 Å². The molecule has 1 aromatic carbocycles. The van der Waals surface area contributed by atoms with Gasteiger partial charge in [-0.1, -0.05) is 20.4 Å². The van der Waals surface area contributed by atoms with E-state index in [4.69, 9.17) is 5.73 Å². The lowest BCUT2D eigenvalue weighted by Crippen LogP contribution is -2.18. The summed E-state index contributed by atoms with van der Waals surface area (Å²) in [5.74, 6) is 0.311. The highest BCUT2D eigenvalue weighted by Gasteiger charge is 2.32. The number of hydrogen-bond donors (Lipinski definition) is 3. The van der Waals surface area contributed by atoms with Crippen LogP contribution in [-0.2, 0) is 12.7 Å². The SMILES string of the molecule is C=C(N)NCc1cc2cc(C(F)(F)F)c(C)cc2[nH]1.CC. The molecule has 0 aliphatic heterocycles. The van der Waals surface area contributed by atoms with Crippen molar-refractivity contribution in [1.82, 2.24) is 10.3 Å². The van der Waals surface area contributed by atoms with Crippen LogP contribution in [0.25, 0.3) is 10.9 Å². The zero-order valence-corrected chi connectivity index (χ0v) is 12.4. The Morgan fingerprint density at radius 2 is 1.90 bits per heavy atom. The normalized spacial score (nSPS) is 11.0. The lowest BCUT2D eigenvalue weighted by molar-refractivity contribution is -0.137. The molecule has 0 amide bonds. The van der Waals surface area contributed by atoms with Crippen LogP contribution >= 0.6 is 0 Å². The first-order valence-electron chi connectivity index (χ1n) is 6.65. The summed E-state index contributed by atoms with van der Waals surface area (Å²) < 4.78 is 38.4. The maximum Gasteiger partial charge on any atom is 0.416 e. The Labute approximate surface area is 122 Å². The van der Waals surface area contributed by atoms with Gasteiger partial charge in [0.15, 0.2) is 0 Å². The van der Waals surface area contributed by atoms with Gasteiger partial charge in [0.2, 0.25) is 0 Å². The molecule has 4 N–H and O–H groups in total. The van der Waals surface area contributed by atoms with Crippen molar-refractivity contribution in [3.63, 3.8) is 0 Å². The van der Waals surface area contributed by atoms with Gasteiger partial charge in [0.1, 0.15) is 0 Å². The zero-order chi connectivity index (χ0) is 16.2. The summed E-state index contributed by atoms with van der Waals surface area (Å²) in [5, 5.41) is 3.34. The second kappa shape index (κ2) is 6.56. The van der Waals surface area contributed by atoms with Gasteiger partial charge in [0.05, 0.1) is 17.9 Å². The number of halogens is 3. The van der Waals surface area contributed by atoms with Crippen LogP contribution in [0.1, 0.15) is 30.7 Å². The molecule has 0 bridgehead atoms. The number of nitrogens with one attached hydrogen (secondary N) is 2. The molecule has 0 aliphatic rings. The summed E-state index contributed by atoms with van der Waals surface area (Å²) >= 11 is 0. The maximum atomic E-state index is 12.8. The van der Waals surface area contributed by atoms with E-state index in [1.54, 1.807) is 6.07 Å². The lowest BCUT2D eigenvalue weighted by atomic mass is 10.1. The third-order valence-corrected chi connectivity index (χ3v) is 2.83. The predicted octanol–water partition coefficient (Wildman–Crippen LogP) is 4.04. The number of benzene rings is 1. The second-order valence-electron chi connectivity index (χ2n) is 4.43. The quantitative estimate of drug-likeness (QED) is 0.801. The minimum atomic E-state index is -4.33. The molecule has 0 aliphatic carbocycles. The number of rotatable bonds is 3. The van der Waals surface area contributed by atoms with E-state index in [-0.39, 0.29) is 5.56 Å². The van der Waals surface area contributed by atoms with Gasteiger partial charge in [-0.15, -0.1) is 0 Å². The molecule has 116 valence electrons. The van der Waals surface area contributed by atoms with Gasteiger partial charge in [0.25, 0.3) is 0 Å². The summed E-state index contributed by atoms with van der Waals surface area (Å²) in [7, 11) is 0. The van der Waals surface area contributed by atoms with Crippen molar-refractivity contribution in [2.24, 2.45) is 5.73 Å². The second-order valence-corrected chi connectivity index (χ2v) is 4.43. The van der Waals surface area contributed by atoms with E-state index < -0.39 is 11.7 Å². The van der Waals surface area contributed by atoms with Crippen LogP contribution in [0.4, 0.5) is 13.2 Å². The standard InChI is InChI=1S/C13H14F3N3.C2H6/c1-7-3-12-9(5-11(7)13(14,15)16)4-10(19-12)6-18-8(2)17;1-2/h3-5,18-19H,2,6,17H2,1H3;1-2H3. The van der Waals surface area contributed by atoms with Crippen LogP contribution in [0.15, 0.2) is 30.6 Å². The molecule has 0 saturated carbocycles. The lowest BCUT2D eigenvalue weighted by Gasteiger charge is -2.09. The van der Waals surface area contributed by atoms with Gasteiger partial charge in [-0.05, 0) is 30.7 Å². The molecule has 6 heteroatoms. The van der Waals surface area contributed by atoms with E-state index >= 15 is 0 Å². The summed E-state index contributed by atoms with van der Waals surface area (Å²) in [6.07, 6.45) is -4.33. The number of aromatic amines is 1. The Hall–Kier alpha value is -2.11. The number of H-pyrrole nitrogens is 1. The molecule has 0 atom stereocenters. The monoisotopic (exact) mass is 299 g/mol. The minimum Gasteiger partial charge on any atom is -0.386 e. The van der Waals surface area contributed by atoms with Crippen LogP contribution < -0.4 is 11.1 Å². The summed E-state index contributed by atoms with van der Waals surface area (Å²) in [6, 6.07) is 4.32. The molecule has 0 spiro atoms. The van der Waals surface area contributed by atoms with Gasteiger partial charge < -0.3 is 16.0 Å². The molecule has 21 heavy (non-hydrogen) atoms. The maximum absolute atomic E-state index is 12.8. The van der Waals surface area contributed by atoms with Crippen molar-refractivity contribution in [3.05, 3.63) is 47.4 Å². The smallest absolute Gasteiger partial charge is 0.386 e. The zero-order valence-electron chi connectivity index (χ0n) is 12.4. The molecular weight excluding hydrogens is 279 g/mol. The Kier molecular flexibility index (Phi) is 5.29. The number of alkyl halides is 3. The predicted molar refractivity (Wildman–Crippen MR) is 79.6 cm³/mol. The Bertz CT molecular complexity index is 627. The molecule has 2 rings (SSSR count). The molecule has 1 aromatic heterocycles. The Morgan fingerprint density at radius 1 is 1.29 bits per heavy atom. The fraction of sp³-hybridized carbons (Fsp3) is 0.333. The van der Waals surface area contributed by atoms with Crippen molar-refractivity contribution in [1.29, 1.82) is 0 Å². The number of aryl methyl sites for hydroxylation is 1. The average Bonchev–Trinajstić information content (AvgIpc) is 2.78. The molecule has 0 radical (unpaired) electrons. The van der Waals surface area contributed by atoms with E-state index in [0.29, 0.717) is 23.3 Å². The van der Waals surface area contributed by atoms with Crippen molar-refractivity contribution < 1.29 is 13.2 Å². The van der Waals surface area contributed by atoms with E-state index in [1.165, 1.54) is 13.0 Å². The van der Waals surface area contributed by atoms with Crippen LogP contribution in [0, 0.1) is 6.92 Å². The van der Waals surface area contributed by atoms with Gasteiger partial charge >= 0.3 is 6.18 Å². The number of aromatic nitrogens is 1. The van der Waals surface area contributed by atoms with Crippen molar-refractivity contribution >= 4 is 10.9 Å².